The lowest BCUT2D eigenvalue weighted by atomic mass is 9.68. The highest BCUT2D eigenvalue weighted by atomic mass is 14.4. The first-order chi connectivity index (χ1) is 13.8. The molecule has 0 unspecified atom stereocenters. The van der Waals surface area contributed by atoms with Gasteiger partial charge in [-0.15, -0.1) is 25.7 Å². The van der Waals surface area contributed by atoms with Crippen molar-refractivity contribution in [3.63, 3.8) is 0 Å². The second-order valence-corrected chi connectivity index (χ2v) is 6.67. The van der Waals surface area contributed by atoms with Gasteiger partial charge in [-0.3, -0.25) is 0 Å². The van der Waals surface area contributed by atoms with Crippen LogP contribution in [0, 0.1) is 49.4 Å². The summed E-state index contributed by atoms with van der Waals surface area (Å²) in [6.45, 7) is 0. The molecule has 0 saturated heterocycles. The molecule has 5 rings (SSSR count). The number of hydrogen-bond donors (Lipinski definition) is 0. The summed E-state index contributed by atoms with van der Waals surface area (Å²) in [7, 11) is 0. The van der Waals surface area contributed by atoms with Crippen LogP contribution in [0.3, 0.4) is 0 Å². The van der Waals surface area contributed by atoms with E-state index in [2.05, 4.69) is 23.7 Å². The van der Waals surface area contributed by atoms with Crippen molar-refractivity contribution < 1.29 is 0 Å². The van der Waals surface area contributed by atoms with Gasteiger partial charge in [0.2, 0.25) is 0 Å². The Morgan fingerprint density at radius 3 is 0.786 bits per heavy atom. The number of terminal acetylenes is 4. The Balaban J connectivity index is 2.10. The minimum Gasteiger partial charge on any atom is -0.115 e. The lowest BCUT2D eigenvalue weighted by molar-refractivity contribution is 1.50. The third-order valence-corrected chi connectivity index (χ3v) is 5.51. The third kappa shape index (κ3) is 1.70. The van der Waals surface area contributed by atoms with Gasteiger partial charge in [0.25, 0.3) is 0 Å². The molecular weight excluding hydrogens is 336 g/mol. The number of rotatable bonds is 0. The molecule has 1 aliphatic rings. The van der Waals surface area contributed by atoms with Crippen LogP contribution in [-0.4, -0.2) is 0 Å². The van der Waals surface area contributed by atoms with E-state index in [1.807, 2.05) is 48.5 Å². The van der Waals surface area contributed by atoms with Crippen LogP contribution >= 0.6 is 0 Å². The highest BCUT2D eigenvalue weighted by Gasteiger charge is 2.35. The zero-order valence-corrected chi connectivity index (χ0v) is 14.9. The van der Waals surface area contributed by atoms with Gasteiger partial charge in [-0.1, -0.05) is 72.2 Å². The highest BCUT2D eigenvalue weighted by Crippen LogP contribution is 2.57. The van der Waals surface area contributed by atoms with Crippen LogP contribution in [0.15, 0.2) is 48.5 Å². The Kier molecular flexibility index (Phi) is 3.15. The van der Waals surface area contributed by atoms with Crippen LogP contribution in [0.5, 0.6) is 0 Å². The van der Waals surface area contributed by atoms with Crippen molar-refractivity contribution in [1.29, 1.82) is 0 Å². The van der Waals surface area contributed by atoms with E-state index in [4.69, 9.17) is 25.7 Å². The molecule has 4 aromatic carbocycles. The molecule has 0 saturated carbocycles. The van der Waals surface area contributed by atoms with Crippen molar-refractivity contribution in [2.45, 2.75) is 0 Å². The van der Waals surface area contributed by atoms with Crippen molar-refractivity contribution in [3.8, 4) is 71.6 Å². The zero-order chi connectivity index (χ0) is 19.4. The first-order valence-electron chi connectivity index (χ1n) is 8.81. The van der Waals surface area contributed by atoms with E-state index in [-0.39, 0.29) is 0 Å². The van der Waals surface area contributed by atoms with Crippen LogP contribution in [-0.2, 0) is 0 Å². The van der Waals surface area contributed by atoms with Gasteiger partial charge in [0.1, 0.15) is 0 Å². The molecule has 1 aliphatic carbocycles. The first-order valence-corrected chi connectivity index (χ1v) is 8.81. The number of fused-ring (bicyclic) bond motifs is 6. The maximum atomic E-state index is 5.95. The second kappa shape index (κ2) is 5.57. The molecule has 0 aliphatic heterocycles. The molecular formula is C28H12. The van der Waals surface area contributed by atoms with Gasteiger partial charge in [0.15, 0.2) is 0 Å². The van der Waals surface area contributed by atoms with E-state index in [9.17, 15) is 0 Å². The van der Waals surface area contributed by atoms with Crippen molar-refractivity contribution in [2.75, 3.05) is 0 Å². The molecule has 0 nitrogen and oxygen atoms in total. The minimum absolute atomic E-state index is 0.812. The van der Waals surface area contributed by atoms with Gasteiger partial charge in [-0.25, -0.2) is 0 Å². The van der Waals surface area contributed by atoms with E-state index in [0.717, 1.165) is 66.1 Å². The molecule has 4 aromatic rings. The largest absolute Gasteiger partial charge is 0.115 e. The van der Waals surface area contributed by atoms with Gasteiger partial charge >= 0.3 is 0 Å². The Morgan fingerprint density at radius 2 is 0.607 bits per heavy atom. The Labute approximate surface area is 164 Å². The summed E-state index contributed by atoms with van der Waals surface area (Å²) in [6, 6.07) is 15.9. The van der Waals surface area contributed by atoms with E-state index < -0.39 is 0 Å². The van der Waals surface area contributed by atoms with Gasteiger partial charge in [0.05, 0.1) is 0 Å². The predicted molar refractivity (Wildman–Crippen MR) is 118 cm³/mol. The lowest BCUT2D eigenvalue weighted by Gasteiger charge is -2.32. The lowest BCUT2D eigenvalue weighted by Crippen LogP contribution is -2.11. The molecule has 0 amide bonds. The summed E-state index contributed by atoms with van der Waals surface area (Å²) in [5.74, 6) is 11.5. The second-order valence-electron chi connectivity index (χ2n) is 6.67. The summed E-state index contributed by atoms with van der Waals surface area (Å²) in [5.41, 5.74) is 7.02. The fraction of sp³-hybridized carbons (Fsp3) is 0. The fourth-order valence-corrected chi connectivity index (χ4v) is 4.41. The average Bonchev–Trinajstić information content (AvgIpc) is 2.74. The van der Waals surface area contributed by atoms with Crippen LogP contribution < -0.4 is 0 Å². The quantitative estimate of drug-likeness (QED) is 0.321. The van der Waals surface area contributed by atoms with E-state index in [1.165, 1.54) is 0 Å². The maximum Gasteiger partial charge on any atom is 0.0407 e. The summed E-state index contributed by atoms with van der Waals surface area (Å²) in [4.78, 5) is 0. The van der Waals surface area contributed by atoms with Crippen LogP contribution in [0.4, 0.5) is 0 Å². The zero-order valence-electron chi connectivity index (χ0n) is 14.9. The van der Waals surface area contributed by atoms with Crippen LogP contribution in [0.1, 0.15) is 22.3 Å². The molecule has 0 radical (unpaired) electrons. The summed E-state index contributed by atoms with van der Waals surface area (Å²) in [6.07, 6.45) is 23.8. The van der Waals surface area contributed by atoms with Crippen molar-refractivity contribution in [2.24, 2.45) is 0 Å². The smallest absolute Gasteiger partial charge is 0.0407 e. The Morgan fingerprint density at radius 1 is 0.393 bits per heavy atom. The molecule has 0 bridgehead atoms. The molecule has 0 fully saturated rings. The monoisotopic (exact) mass is 348 g/mol. The third-order valence-electron chi connectivity index (χ3n) is 5.51. The molecule has 0 spiro atoms. The molecule has 0 N–H and O–H groups in total. The minimum atomic E-state index is 0.812. The number of hydrogen-bond acceptors (Lipinski definition) is 0. The number of benzene rings is 4. The van der Waals surface area contributed by atoms with Crippen LogP contribution in [0.25, 0.3) is 43.8 Å². The maximum absolute atomic E-state index is 5.95. The normalized spacial score (nSPS) is 10.7. The molecule has 0 heterocycles. The average molecular weight is 348 g/mol. The van der Waals surface area contributed by atoms with E-state index >= 15 is 0 Å². The molecule has 0 atom stereocenters. The van der Waals surface area contributed by atoms with Gasteiger partial charge in [-0.05, 0) is 21.5 Å². The topological polar surface area (TPSA) is 0 Å². The standard InChI is InChI=1S/C28H12/c1-5-17-21-13-9-10-14-22(21)18(6-2)26-25(17)27-19(7-3)23-15-11-12-16-24(23)20(8-4)28(26)27/h1-4,9-16H. The van der Waals surface area contributed by atoms with E-state index in [0.29, 0.717) is 0 Å². The van der Waals surface area contributed by atoms with Gasteiger partial charge in [-0.2, -0.15) is 0 Å². The summed E-state index contributed by atoms with van der Waals surface area (Å²) >= 11 is 0. The summed E-state index contributed by atoms with van der Waals surface area (Å²) in [5, 5.41) is 3.84. The molecule has 0 heteroatoms. The Bertz CT molecular complexity index is 1280. The van der Waals surface area contributed by atoms with Crippen molar-refractivity contribution in [1.82, 2.24) is 0 Å². The summed E-state index contributed by atoms with van der Waals surface area (Å²) < 4.78 is 0. The SMILES string of the molecule is C#Cc1c2c(c(C#C)c3ccccc13)-c1c-2c(C#C)c2ccccc2c1C#C. The Hall–Kier alpha value is -4.36. The van der Waals surface area contributed by atoms with Crippen molar-refractivity contribution in [3.05, 3.63) is 70.8 Å². The van der Waals surface area contributed by atoms with Crippen LogP contribution in [0.2, 0.25) is 0 Å². The van der Waals surface area contributed by atoms with E-state index in [1.54, 1.807) is 0 Å². The fourth-order valence-electron chi connectivity index (χ4n) is 4.41. The van der Waals surface area contributed by atoms with Crippen molar-refractivity contribution >= 4 is 21.5 Å². The molecule has 124 valence electrons. The van der Waals surface area contributed by atoms with Gasteiger partial charge < -0.3 is 0 Å². The first kappa shape index (κ1) is 15.9. The molecule has 0 aromatic heterocycles. The molecule has 28 heavy (non-hydrogen) atoms. The highest BCUT2D eigenvalue weighted by molar-refractivity contribution is 6.22. The predicted octanol–water partition coefficient (Wildman–Crippen LogP) is 5.57. The van der Waals surface area contributed by atoms with Gasteiger partial charge in [0, 0.05) is 44.5 Å².